The lowest BCUT2D eigenvalue weighted by atomic mass is 9.96. The molecule has 27 heavy (non-hydrogen) atoms. The fourth-order valence-electron chi connectivity index (χ4n) is 3.62. The second-order valence-corrected chi connectivity index (χ2v) is 7.18. The van der Waals surface area contributed by atoms with E-state index >= 15 is 0 Å². The van der Waals surface area contributed by atoms with Crippen LogP contribution in [0.4, 0.5) is 8.78 Å². The summed E-state index contributed by atoms with van der Waals surface area (Å²) in [6.07, 6.45) is 3.28. The fraction of sp³-hybridized carbons (Fsp3) is 0.429. The molecule has 0 radical (unpaired) electrons. The lowest BCUT2D eigenvalue weighted by Crippen LogP contribution is -2.41. The van der Waals surface area contributed by atoms with E-state index in [0.717, 1.165) is 18.4 Å². The van der Waals surface area contributed by atoms with Gasteiger partial charge >= 0.3 is 0 Å². The average Bonchev–Trinajstić information content (AvgIpc) is 3.15. The number of benzene rings is 2. The van der Waals surface area contributed by atoms with Crippen molar-refractivity contribution in [1.29, 1.82) is 0 Å². The van der Waals surface area contributed by atoms with E-state index in [1.54, 1.807) is 12.1 Å². The Labute approximate surface area is 156 Å². The zero-order valence-electron chi connectivity index (χ0n) is 15.0. The maximum atomic E-state index is 14.4. The Morgan fingerprint density at radius 2 is 1.70 bits per heavy atom. The van der Waals surface area contributed by atoms with E-state index in [2.05, 4.69) is 0 Å². The highest BCUT2D eigenvalue weighted by Crippen LogP contribution is 2.36. The molecule has 1 aliphatic carbocycles. The Morgan fingerprint density at radius 1 is 0.963 bits per heavy atom. The van der Waals surface area contributed by atoms with Crippen LogP contribution in [-0.4, -0.2) is 30.5 Å². The minimum atomic E-state index is -0.992. The summed E-state index contributed by atoms with van der Waals surface area (Å²) in [4.78, 5) is 0. The Morgan fingerprint density at radius 3 is 2.48 bits per heavy atom. The first-order valence-corrected chi connectivity index (χ1v) is 9.25. The molecule has 6 heteroatoms. The second kappa shape index (κ2) is 7.44. The molecule has 0 bridgehead atoms. The van der Waals surface area contributed by atoms with Crippen LogP contribution in [0.5, 0.6) is 17.2 Å². The van der Waals surface area contributed by atoms with E-state index in [1.807, 2.05) is 0 Å². The number of rotatable bonds is 5. The highest BCUT2D eigenvalue weighted by molar-refractivity contribution is 5.46. The van der Waals surface area contributed by atoms with Crippen molar-refractivity contribution in [3.8, 4) is 17.2 Å². The molecule has 2 aromatic rings. The largest absolute Gasteiger partial charge is 0.488 e. The topological polar surface area (TPSA) is 47.9 Å². The van der Waals surface area contributed by atoms with Crippen molar-refractivity contribution in [1.82, 2.24) is 0 Å². The van der Waals surface area contributed by atoms with E-state index in [1.165, 1.54) is 18.2 Å². The van der Waals surface area contributed by atoms with Gasteiger partial charge in [0.25, 0.3) is 0 Å². The van der Waals surface area contributed by atoms with Gasteiger partial charge in [-0.1, -0.05) is 0 Å². The highest BCUT2D eigenvalue weighted by Gasteiger charge is 2.31. The molecule has 144 valence electrons. The molecule has 1 saturated heterocycles. The van der Waals surface area contributed by atoms with E-state index in [4.69, 9.17) is 14.2 Å². The lowest BCUT2D eigenvalue weighted by Gasteiger charge is -2.31. The number of hydrogen-bond donors (Lipinski definition) is 1. The predicted octanol–water partition coefficient (Wildman–Crippen LogP) is 4.17. The van der Waals surface area contributed by atoms with E-state index in [-0.39, 0.29) is 18.2 Å². The summed E-state index contributed by atoms with van der Waals surface area (Å²) in [7, 11) is 0. The molecule has 1 N–H and O–H groups in total. The minimum Gasteiger partial charge on any atom is -0.488 e. The molecule has 4 nitrogen and oxygen atoms in total. The quantitative estimate of drug-likeness (QED) is 0.851. The first-order chi connectivity index (χ1) is 13.0. The van der Waals surface area contributed by atoms with Crippen LogP contribution >= 0.6 is 0 Å². The van der Waals surface area contributed by atoms with Crippen molar-refractivity contribution < 1.29 is 28.1 Å². The van der Waals surface area contributed by atoms with Crippen molar-refractivity contribution in [2.24, 2.45) is 0 Å². The first kappa shape index (κ1) is 18.2. The molecule has 1 heterocycles. The zero-order chi connectivity index (χ0) is 18.9. The smallest absolute Gasteiger partial charge is 0.168 e. The van der Waals surface area contributed by atoms with Gasteiger partial charge in [-0.15, -0.1) is 0 Å². The van der Waals surface area contributed by atoms with Crippen molar-refractivity contribution in [2.45, 2.75) is 37.7 Å². The van der Waals surface area contributed by atoms with Gasteiger partial charge in [-0.25, -0.2) is 8.78 Å². The molecule has 2 aromatic carbocycles. The molecule has 1 aliphatic heterocycles. The molecule has 0 spiro atoms. The predicted molar refractivity (Wildman–Crippen MR) is 95.4 cm³/mol. The Hall–Kier alpha value is -2.18. The molecular formula is C21H22F2O4. The van der Waals surface area contributed by atoms with Crippen molar-refractivity contribution in [2.75, 3.05) is 19.8 Å². The van der Waals surface area contributed by atoms with Crippen LogP contribution in [0.3, 0.4) is 0 Å². The van der Waals surface area contributed by atoms with Gasteiger partial charge in [0, 0.05) is 37.7 Å². The zero-order valence-corrected chi connectivity index (χ0v) is 15.0. The van der Waals surface area contributed by atoms with Crippen LogP contribution in [0.2, 0.25) is 0 Å². The van der Waals surface area contributed by atoms with Gasteiger partial charge in [0.1, 0.15) is 29.5 Å². The Bertz CT molecular complexity index is 831. The molecule has 0 aromatic heterocycles. The van der Waals surface area contributed by atoms with Gasteiger partial charge in [-0.05, 0) is 49.1 Å². The van der Waals surface area contributed by atoms with Crippen LogP contribution < -0.4 is 9.47 Å². The molecule has 0 unspecified atom stereocenters. The summed E-state index contributed by atoms with van der Waals surface area (Å²) in [6, 6.07) is 7.31. The van der Waals surface area contributed by atoms with Gasteiger partial charge < -0.3 is 19.3 Å². The summed E-state index contributed by atoms with van der Waals surface area (Å²) >= 11 is 0. The fourth-order valence-corrected chi connectivity index (χ4v) is 3.62. The summed E-state index contributed by atoms with van der Waals surface area (Å²) in [5, 5.41) is 10.4. The van der Waals surface area contributed by atoms with Gasteiger partial charge in [-0.3, -0.25) is 0 Å². The van der Waals surface area contributed by atoms with Crippen molar-refractivity contribution in [3.63, 3.8) is 0 Å². The maximum Gasteiger partial charge on any atom is 0.168 e. The third kappa shape index (κ3) is 3.92. The van der Waals surface area contributed by atoms with Crippen molar-refractivity contribution in [3.05, 3.63) is 53.1 Å². The number of halogens is 2. The standard InChI is InChI=1S/C21H22F2O4/c22-17-5-7-19(16-3-1-2-15(16)17)27-14-4-6-20(18(23)12-14)26-13-21(24)8-10-25-11-9-21/h4-7,12,24H,1-3,8-11,13H2. The van der Waals surface area contributed by atoms with Gasteiger partial charge in [0.15, 0.2) is 11.6 Å². The molecule has 4 rings (SSSR count). The first-order valence-electron chi connectivity index (χ1n) is 9.25. The lowest BCUT2D eigenvalue weighted by molar-refractivity contribution is -0.0860. The maximum absolute atomic E-state index is 14.4. The SMILES string of the molecule is OC1(COc2ccc(Oc3ccc(F)c4c3CCC4)cc2F)CCOCC1. The van der Waals surface area contributed by atoms with E-state index < -0.39 is 11.4 Å². The number of aliphatic hydroxyl groups is 1. The summed E-state index contributed by atoms with van der Waals surface area (Å²) in [5.74, 6) is 0.170. The molecule has 0 saturated carbocycles. The number of hydrogen-bond acceptors (Lipinski definition) is 4. The summed E-state index contributed by atoms with van der Waals surface area (Å²) in [5.41, 5.74) is 0.559. The van der Waals surface area contributed by atoms with Crippen LogP contribution in [0.25, 0.3) is 0 Å². The molecule has 0 atom stereocenters. The van der Waals surface area contributed by atoms with Crippen LogP contribution in [0, 0.1) is 11.6 Å². The third-order valence-corrected chi connectivity index (χ3v) is 5.24. The normalized spacial score (nSPS) is 18.2. The Kier molecular flexibility index (Phi) is 5.02. The summed E-state index contributed by atoms with van der Waals surface area (Å²) < 4.78 is 44.7. The Balaban J connectivity index is 1.45. The monoisotopic (exact) mass is 376 g/mol. The molecule has 2 aliphatic rings. The minimum absolute atomic E-state index is 0.0129. The van der Waals surface area contributed by atoms with Crippen molar-refractivity contribution >= 4 is 0 Å². The number of fused-ring (bicyclic) bond motifs is 1. The average molecular weight is 376 g/mol. The van der Waals surface area contributed by atoms with Crippen LogP contribution in [0.15, 0.2) is 30.3 Å². The van der Waals surface area contributed by atoms with Crippen LogP contribution in [0.1, 0.15) is 30.4 Å². The second-order valence-electron chi connectivity index (χ2n) is 7.18. The summed E-state index contributed by atoms with van der Waals surface area (Å²) in [6.45, 7) is 0.952. The van der Waals surface area contributed by atoms with Gasteiger partial charge in [-0.2, -0.15) is 0 Å². The third-order valence-electron chi connectivity index (χ3n) is 5.24. The van der Waals surface area contributed by atoms with Gasteiger partial charge in [0.2, 0.25) is 0 Å². The highest BCUT2D eigenvalue weighted by atomic mass is 19.1. The van der Waals surface area contributed by atoms with Crippen LogP contribution in [-0.2, 0) is 17.6 Å². The van der Waals surface area contributed by atoms with Gasteiger partial charge in [0.05, 0.1) is 0 Å². The van der Waals surface area contributed by atoms with E-state index in [0.29, 0.717) is 49.5 Å². The number of ether oxygens (including phenoxy) is 3. The molecule has 0 amide bonds. The molecular weight excluding hydrogens is 354 g/mol. The van der Waals surface area contributed by atoms with E-state index in [9.17, 15) is 13.9 Å². The molecule has 1 fully saturated rings.